The first-order chi connectivity index (χ1) is 9.00. The Morgan fingerprint density at radius 2 is 2.32 bits per heavy atom. The largest absolute Gasteiger partial charge is 0.481 e. The zero-order valence-corrected chi connectivity index (χ0v) is 10.6. The Kier molecular flexibility index (Phi) is 2.85. The van der Waals surface area contributed by atoms with Gasteiger partial charge in [0, 0.05) is 10.8 Å². The second-order valence-corrected chi connectivity index (χ2v) is 6.09. The Balaban J connectivity index is 1.77. The van der Waals surface area contributed by atoms with Crippen molar-refractivity contribution >= 4 is 5.97 Å². The van der Waals surface area contributed by atoms with Gasteiger partial charge in [0.2, 0.25) is 6.54 Å². The summed E-state index contributed by atoms with van der Waals surface area (Å²) >= 11 is 0. The molecule has 2 aliphatic carbocycles. The molecule has 1 heterocycles. The Hall–Kier alpha value is -1.43. The second-order valence-electron chi connectivity index (χ2n) is 6.09. The zero-order valence-electron chi connectivity index (χ0n) is 10.6. The first-order valence-electron chi connectivity index (χ1n) is 6.62. The van der Waals surface area contributed by atoms with Gasteiger partial charge in [0.15, 0.2) is 0 Å². The van der Waals surface area contributed by atoms with E-state index in [9.17, 15) is 14.9 Å². The summed E-state index contributed by atoms with van der Waals surface area (Å²) in [6.07, 6.45) is 3.66. The van der Waals surface area contributed by atoms with Crippen LogP contribution in [0, 0.1) is 33.3 Å². The van der Waals surface area contributed by atoms with Crippen LogP contribution in [-0.4, -0.2) is 35.8 Å². The maximum atomic E-state index is 11.0. The molecule has 1 aliphatic heterocycles. The molecule has 0 bridgehead atoms. The molecular weight excluding hydrogens is 250 g/mol. The van der Waals surface area contributed by atoms with E-state index in [1.807, 2.05) is 0 Å². The van der Waals surface area contributed by atoms with Crippen LogP contribution in [0.4, 0.5) is 0 Å². The third-order valence-electron chi connectivity index (χ3n) is 4.88. The molecule has 0 aromatic carbocycles. The number of carboxylic acids is 1. The van der Waals surface area contributed by atoms with Crippen molar-refractivity contribution in [2.45, 2.75) is 19.3 Å². The van der Waals surface area contributed by atoms with Crippen LogP contribution in [0.1, 0.15) is 19.3 Å². The van der Waals surface area contributed by atoms with E-state index in [1.54, 1.807) is 0 Å². The number of hydrogen-bond acceptors (Lipinski definition) is 4. The number of carbonyl (C=O) groups is 1. The Bertz CT molecular complexity index is 438. The van der Waals surface area contributed by atoms with Crippen LogP contribution in [0.15, 0.2) is 11.6 Å². The monoisotopic (exact) mass is 267 g/mol. The SMILES string of the molecule is O=C(O)C[C@@]1(C[N+](=O)[O-])C[C@H]2CC(C3COC3)=C[C@H]21. The lowest BCUT2D eigenvalue weighted by atomic mass is 9.53. The summed E-state index contributed by atoms with van der Waals surface area (Å²) in [5.41, 5.74) is 0.670. The molecular formula is C13H17NO5. The van der Waals surface area contributed by atoms with Crippen LogP contribution in [0.25, 0.3) is 0 Å². The zero-order chi connectivity index (χ0) is 13.6. The maximum absolute atomic E-state index is 11.0. The van der Waals surface area contributed by atoms with E-state index in [0.717, 1.165) is 19.6 Å². The standard InChI is InChI=1S/C13H17NO5/c15-12(16)4-13(7-14(17)18)3-9-1-8(2-11(9)13)10-5-19-6-10/h2,9-11H,1,3-7H2,(H,15,16)/t9-,11-,13-/m1/s1. The molecule has 3 aliphatic rings. The molecule has 1 N–H and O–H groups in total. The fourth-order valence-corrected chi connectivity index (χ4v) is 3.96. The van der Waals surface area contributed by atoms with Crippen molar-refractivity contribution in [3.63, 3.8) is 0 Å². The molecule has 0 spiro atoms. The predicted molar refractivity (Wildman–Crippen MR) is 65.2 cm³/mol. The minimum Gasteiger partial charge on any atom is -0.481 e. The Morgan fingerprint density at radius 3 is 2.84 bits per heavy atom. The average molecular weight is 267 g/mol. The van der Waals surface area contributed by atoms with Gasteiger partial charge in [-0.3, -0.25) is 14.9 Å². The van der Waals surface area contributed by atoms with Crippen LogP contribution < -0.4 is 0 Å². The summed E-state index contributed by atoms with van der Waals surface area (Å²) in [5, 5.41) is 19.8. The van der Waals surface area contributed by atoms with Crippen molar-refractivity contribution in [1.82, 2.24) is 0 Å². The third-order valence-corrected chi connectivity index (χ3v) is 4.88. The van der Waals surface area contributed by atoms with Crippen molar-refractivity contribution < 1.29 is 19.6 Å². The van der Waals surface area contributed by atoms with Gasteiger partial charge in [0.1, 0.15) is 0 Å². The van der Waals surface area contributed by atoms with E-state index in [2.05, 4.69) is 6.08 Å². The highest BCUT2D eigenvalue weighted by Crippen LogP contribution is 2.60. The minimum absolute atomic E-state index is 0.0737. The molecule has 3 atom stereocenters. The maximum Gasteiger partial charge on any atom is 0.304 e. The molecule has 6 nitrogen and oxygen atoms in total. The summed E-state index contributed by atoms with van der Waals surface area (Å²) in [4.78, 5) is 21.5. The number of allylic oxidation sites excluding steroid dienone is 1. The molecule has 2 fully saturated rings. The van der Waals surface area contributed by atoms with Gasteiger partial charge in [-0.2, -0.15) is 0 Å². The van der Waals surface area contributed by atoms with Crippen LogP contribution in [-0.2, 0) is 9.53 Å². The number of hydrogen-bond donors (Lipinski definition) is 1. The van der Waals surface area contributed by atoms with Crippen LogP contribution in [0.5, 0.6) is 0 Å². The predicted octanol–water partition coefficient (Wildman–Crippen LogP) is 1.34. The summed E-state index contributed by atoms with van der Waals surface area (Å²) < 4.78 is 5.18. The van der Waals surface area contributed by atoms with E-state index >= 15 is 0 Å². The van der Waals surface area contributed by atoms with E-state index < -0.39 is 11.4 Å². The highest BCUT2D eigenvalue weighted by Gasteiger charge is 2.59. The van der Waals surface area contributed by atoms with Gasteiger partial charge in [0.05, 0.1) is 25.0 Å². The molecule has 6 heteroatoms. The molecule has 0 radical (unpaired) electrons. The van der Waals surface area contributed by atoms with Crippen molar-refractivity contribution in [2.75, 3.05) is 19.8 Å². The second kappa shape index (κ2) is 4.30. The summed E-state index contributed by atoms with van der Waals surface area (Å²) in [7, 11) is 0. The van der Waals surface area contributed by atoms with Crippen LogP contribution in [0.2, 0.25) is 0 Å². The van der Waals surface area contributed by atoms with Crippen molar-refractivity contribution in [1.29, 1.82) is 0 Å². The number of rotatable bonds is 5. The van der Waals surface area contributed by atoms with E-state index in [-0.39, 0.29) is 23.8 Å². The van der Waals surface area contributed by atoms with Crippen LogP contribution >= 0.6 is 0 Å². The lowest BCUT2D eigenvalue weighted by Gasteiger charge is -2.48. The number of carboxylic acid groups (broad SMARTS) is 1. The first-order valence-corrected chi connectivity index (χ1v) is 6.62. The minimum atomic E-state index is -0.936. The molecule has 1 saturated heterocycles. The fourth-order valence-electron chi connectivity index (χ4n) is 3.96. The summed E-state index contributed by atoms with van der Waals surface area (Å²) in [5.74, 6) is 0.0114. The number of aliphatic carboxylic acids is 1. The topological polar surface area (TPSA) is 89.7 Å². The molecule has 0 aromatic heterocycles. The Morgan fingerprint density at radius 1 is 1.58 bits per heavy atom. The quantitative estimate of drug-likeness (QED) is 0.461. The fraction of sp³-hybridized carbons (Fsp3) is 0.769. The molecule has 104 valence electrons. The van der Waals surface area contributed by atoms with E-state index in [0.29, 0.717) is 18.3 Å². The first kappa shape index (κ1) is 12.6. The third kappa shape index (κ3) is 2.04. The van der Waals surface area contributed by atoms with E-state index in [4.69, 9.17) is 9.84 Å². The number of nitro groups is 1. The lowest BCUT2D eigenvalue weighted by molar-refractivity contribution is -0.505. The van der Waals surface area contributed by atoms with Gasteiger partial charge in [-0.15, -0.1) is 0 Å². The highest BCUT2D eigenvalue weighted by molar-refractivity contribution is 5.68. The molecule has 1 saturated carbocycles. The normalized spacial score (nSPS) is 36.9. The van der Waals surface area contributed by atoms with Crippen molar-refractivity contribution in [3.05, 3.63) is 21.8 Å². The van der Waals surface area contributed by atoms with Gasteiger partial charge in [-0.25, -0.2) is 0 Å². The summed E-state index contributed by atoms with van der Waals surface area (Å²) in [6.45, 7) is 1.25. The number of nitrogens with zero attached hydrogens (tertiary/aromatic N) is 1. The van der Waals surface area contributed by atoms with Gasteiger partial charge >= 0.3 is 5.97 Å². The number of fused-ring (bicyclic) bond motifs is 1. The smallest absolute Gasteiger partial charge is 0.304 e. The molecule has 0 unspecified atom stereocenters. The van der Waals surface area contributed by atoms with E-state index in [1.165, 1.54) is 5.57 Å². The highest BCUT2D eigenvalue weighted by atomic mass is 16.6. The van der Waals surface area contributed by atoms with Gasteiger partial charge in [-0.05, 0) is 24.7 Å². The van der Waals surface area contributed by atoms with Crippen molar-refractivity contribution in [2.24, 2.45) is 23.2 Å². The average Bonchev–Trinajstić information content (AvgIpc) is 2.52. The van der Waals surface area contributed by atoms with Gasteiger partial charge < -0.3 is 9.84 Å². The summed E-state index contributed by atoms with van der Waals surface area (Å²) in [6, 6.07) is 0. The molecule has 19 heavy (non-hydrogen) atoms. The van der Waals surface area contributed by atoms with Gasteiger partial charge in [-0.1, -0.05) is 11.6 Å². The lowest BCUT2D eigenvalue weighted by Crippen LogP contribution is -2.50. The van der Waals surface area contributed by atoms with Crippen LogP contribution in [0.3, 0.4) is 0 Å². The van der Waals surface area contributed by atoms with Gasteiger partial charge in [0.25, 0.3) is 0 Å². The molecule has 0 aromatic rings. The Labute approximate surface area is 110 Å². The molecule has 3 rings (SSSR count). The number of ether oxygens (including phenoxy) is 1. The van der Waals surface area contributed by atoms with Crippen molar-refractivity contribution in [3.8, 4) is 0 Å². The molecule has 0 amide bonds.